The first-order valence-corrected chi connectivity index (χ1v) is 4.13. The molecule has 3 N–H and O–H groups in total. The fraction of sp³-hybridized carbons (Fsp3) is 0.222. The lowest BCUT2D eigenvalue weighted by Crippen LogP contribution is -2.41. The van der Waals surface area contributed by atoms with Crippen LogP contribution in [0.3, 0.4) is 0 Å². The van der Waals surface area contributed by atoms with Gasteiger partial charge in [-0.15, -0.1) is 0 Å². The number of carboxylic acids is 2. The van der Waals surface area contributed by atoms with Gasteiger partial charge in [-0.2, -0.15) is 0 Å². The van der Waals surface area contributed by atoms with Crippen molar-refractivity contribution < 1.29 is 24.6 Å². The average Bonchev–Trinajstić information content (AvgIpc) is 2.17. The van der Waals surface area contributed by atoms with Crippen LogP contribution in [-0.2, 0) is 14.4 Å². The summed E-state index contributed by atoms with van der Waals surface area (Å²) in [5.74, 6) is -2.41. The third-order valence-corrected chi connectivity index (χ3v) is 1.91. The fourth-order valence-electron chi connectivity index (χ4n) is 1.24. The number of hydrogen-bond acceptors (Lipinski definition) is 4. The van der Waals surface area contributed by atoms with E-state index in [1.54, 1.807) is 0 Å². The lowest BCUT2D eigenvalue weighted by atomic mass is 10.0. The van der Waals surface area contributed by atoms with Gasteiger partial charge >= 0.3 is 11.9 Å². The van der Waals surface area contributed by atoms with E-state index in [0.29, 0.717) is 11.9 Å². The Balaban J connectivity index is 2.99. The molecule has 1 atom stereocenters. The summed E-state index contributed by atoms with van der Waals surface area (Å²) in [5.41, 5.74) is 0.162. The van der Waals surface area contributed by atoms with Crippen molar-refractivity contribution in [1.29, 1.82) is 0 Å². The molecule has 0 bridgehead atoms. The van der Waals surface area contributed by atoms with Gasteiger partial charge in [0.15, 0.2) is 0 Å². The number of hydrogen-bond donors (Lipinski definition) is 3. The molecule has 1 heterocycles. The molecular weight excluding hydrogens is 202 g/mol. The minimum absolute atomic E-state index is 0.0881. The Bertz CT molecular complexity index is 369. The van der Waals surface area contributed by atoms with Gasteiger partial charge in [-0.3, -0.25) is 4.79 Å². The predicted molar refractivity (Wildman–Crippen MR) is 49.0 cm³/mol. The lowest BCUT2D eigenvalue weighted by molar-refractivity contribution is -0.139. The van der Waals surface area contributed by atoms with Crippen LogP contribution in [0.25, 0.3) is 0 Å². The fourth-order valence-corrected chi connectivity index (χ4v) is 1.24. The molecule has 0 aromatic carbocycles. The minimum Gasteiger partial charge on any atom is -0.480 e. The van der Waals surface area contributed by atoms with Gasteiger partial charge in [0.05, 0.1) is 0 Å². The highest BCUT2D eigenvalue weighted by molar-refractivity contribution is 5.89. The monoisotopic (exact) mass is 211 g/mol. The third kappa shape index (κ3) is 2.67. The third-order valence-electron chi connectivity index (χ3n) is 1.91. The van der Waals surface area contributed by atoms with Gasteiger partial charge in [-0.1, -0.05) is 0 Å². The Morgan fingerprint density at radius 3 is 2.60 bits per heavy atom. The average molecular weight is 211 g/mol. The van der Waals surface area contributed by atoms with Gasteiger partial charge in [0.2, 0.25) is 0 Å². The van der Waals surface area contributed by atoms with Crippen LogP contribution in [0.15, 0.2) is 23.4 Å². The molecule has 0 saturated carbocycles. The number of aliphatic carboxylic acids is 2. The van der Waals surface area contributed by atoms with Gasteiger partial charge in [-0.25, -0.2) is 9.59 Å². The first-order chi connectivity index (χ1) is 7.04. The van der Waals surface area contributed by atoms with E-state index in [2.05, 4.69) is 5.32 Å². The summed E-state index contributed by atoms with van der Waals surface area (Å²) in [6, 6.07) is -1.01. The summed E-state index contributed by atoms with van der Waals surface area (Å²) >= 11 is 0. The van der Waals surface area contributed by atoms with Gasteiger partial charge in [0, 0.05) is 6.42 Å². The highest BCUT2D eigenvalue weighted by Crippen LogP contribution is 2.16. The van der Waals surface area contributed by atoms with Crippen molar-refractivity contribution in [2.24, 2.45) is 0 Å². The number of carboxylic acid groups (broad SMARTS) is 2. The summed E-state index contributed by atoms with van der Waals surface area (Å²) in [6.07, 6.45) is 2.98. The summed E-state index contributed by atoms with van der Waals surface area (Å²) in [7, 11) is 0. The number of nitrogens with one attached hydrogen (secondary N) is 1. The van der Waals surface area contributed by atoms with Crippen LogP contribution in [0.1, 0.15) is 6.42 Å². The van der Waals surface area contributed by atoms with E-state index in [-0.39, 0.29) is 12.1 Å². The van der Waals surface area contributed by atoms with E-state index >= 15 is 0 Å². The largest absolute Gasteiger partial charge is 0.480 e. The van der Waals surface area contributed by atoms with Crippen molar-refractivity contribution in [2.45, 2.75) is 12.5 Å². The SMILES string of the molecule is O=C/C=C1\C=C(C(=O)O)NC(C(=O)O)C1. The van der Waals surface area contributed by atoms with Gasteiger partial charge in [0.1, 0.15) is 18.0 Å². The maximum Gasteiger partial charge on any atom is 0.351 e. The van der Waals surface area contributed by atoms with Gasteiger partial charge in [0.25, 0.3) is 0 Å². The molecule has 0 aromatic heterocycles. The van der Waals surface area contributed by atoms with E-state index in [1.165, 1.54) is 6.08 Å². The Kier molecular flexibility index (Phi) is 3.22. The summed E-state index contributed by atoms with van der Waals surface area (Å²) < 4.78 is 0. The molecule has 0 saturated heterocycles. The second-order valence-electron chi connectivity index (χ2n) is 2.98. The van der Waals surface area contributed by atoms with Crippen LogP contribution in [0.2, 0.25) is 0 Å². The van der Waals surface area contributed by atoms with Crippen LogP contribution < -0.4 is 5.32 Å². The van der Waals surface area contributed by atoms with Crippen molar-refractivity contribution in [3.05, 3.63) is 23.4 Å². The highest BCUT2D eigenvalue weighted by atomic mass is 16.4. The van der Waals surface area contributed by atoms with Crippen LogP contribution in [0.5, 0.6) is 0 Å². The molecule has 0 amide bonds. The molecule has 15 heavy (non-hydrogen) atoms. The zero-order valence-corrected chi connectivity index (χ0v) is 7.64. The molecule has 0 spiro atoms. The second kappa shape index (κ2) is 4.41. The molecule has 6 nitrogen and oxygen atoms in total. The lowest BCUT2D eigenvalue weighted by Gasteiger charge is -2.21. The molecule has 1 unspecified atom stereocenters. The Morgan fingerprint density at radius 2 is 2.13 bits per heavy atom. The van der Waals surface area contributed by atoms with Gasteiger partial charge < -0.3 is 15.5 Å². The quantitative estimate of drug-likeness (QED) is 0.430. The summed E-state index contributed by atoms with van der Waals surface area (Å²) in [4.78, 5) is 31.5. The molecule has 0 aliphatic carbocycles. The van der Waals surface area contributed by atoms with Gasteiger partial charge in [-0.05, 0) is 17.7 Å². The minimum atomic E-state index is -1.25. The zero-order chi connectivity index (χ0) is 11.4. The van der Waals surface area contributed by atoms with Crippen molar-refractivity contribution in [2.75, 3.05) is 0 Å². The van der Waals surface area contributed by atoms with Crippen molar-refractivity contribution in [1.82, 2.24) is 5.32 Å². The van der Waals surface area contributed by atoms with E-state index in [0.717, 1.165) is 6.08 Å². The molecule has 6 heteroatoms. The Morgan fingerprint density at radius 1 is 1.47 bits per heavy atom. The molecule has 80 valence electrons. The number of carbonyl (C=O) groups is 3. The summed E-state index contributed by atoms with van der Waals surface area (Å²) in [6.45, 7) is 0. The van der Waals surface area contributed by atoms with Crippen LogP contribution in [0, 0.1) is 0 Å². The number of allylic oxidation sites excluding steroid dienone is 2. The number of rotatable bonds is 3. The topological polar surface area (TPSA) is 104 Å². The van der Waals surface area contributed by atoms with Crippen LogP contribution in [-0.4, -0.2) is 34.5 Å². The van der Waals surface area contributed by atoms with Crippen LogP contribution in [0.4, 0.5) is 0 Å². The number of aldehydes is 1. The standard InChI is InChI=1S/C9H9NO5/c11-2-1-5-3-6(8(12)13)10-7(4-5)9(14)15/h1-3,7,10H,4H2,(H,12,13)(H,14,15)/b5-1+. The van der Waals surface area contributed by atoms with Crippen LogP contribution >= 0.6 is 0 Å². The molecule has 1 aliphatic rings. The Hall–Kier alpha value is -2.11. The van der Waals surface area contributed by atoms with Crippen molar-refractivity contribution in [3.8, 4) is 0 Å². The maximum atomic E-state index is 10.7. The molecule has 0 fully saturated rings. The molecule has 0 aromatic rings. The van der Waals surface area contributed by atoms with E-state index in [4.69, 9.17) is 10.2 Å². The number of carbonyl (C=O) groups excluding carboxylic acids is 1. The van der Waals surface area contributed by atoms with E-state index in [1.807, 2.05) is 0 Å². The predicted octanol–water partition coefficient (Wildman–Crippen LogP) is -0.473. The highest BCUT2D eigenvalue weighted by Gasteiger charge is 2.26. The normalized spacial score (nSPS) is 22.8. The molecule has 1 rings (SSSR count). The zero-order valence-electron chi connectivity index (χ0n) is 7.64. The van der Waals surface area contributed by atoms with E-state index in [9.17, 15) is 14.4 Å². The molecule has 0 radical (unpaired) electrons. The van der Waals surface area contributed by atoms with Crippen molar-refractivity contribution in [3.63, 3.8) is 0 Å². The summed E-state index contributed by atoms with van der Waals surface area (Å²) in [5, 5.41) is 19.8. The Labute approximate surface area is 84.9 Å². The smallest absolute Gasteiger partial charge is 0.351 e. The second-order valence-corrected chi connectivity index (χ2v) is 2.98. The maximum absolute atomic E-state index is 10.7. The van der Waals surface area contributed by atoms with E-state index < -0.39 is 18.0 Å². The first kappa shape index (κ1) is 11.0. The molecular formula is C9H9NO5. The molecule has 1 aliphatic heterocycles. The first-order valence-electron chi connectivity index (χ1n) is 4.13. The van der Waals surface area contributed by atoms with Crippen molar-refractivity contribution >= 4 is 18.2 Å².